The lowest BCUT2D eigenvalue weighted by atomic mass is 10.0. The number of nitrogens with one attached hydrogen (secondary N) is 1. The van der Waals surface area contributed by atoms with Gasteiger partial charge < -0.3 is 15.0 Å². The van der Waals surface area contributed by atoms with Crippen LogP contribution in [-0.4, -0.2) is 52.1 Å². The molecule has 3 heterocycles. The second kappa shape index (κ2) is 7.46. The van der Waals surface area contributed by atoms with Crippen LogP contribution in [-0.2, 0) is 4.79 Å². The topological polar surface area (TPSA) is 72.5 Å². The molecule has 152 valence electrons. The highest BCUT2D eigenvalue weighted by atomic mass is 16.4. The molecule has 0 aliphatic carbocycles. The number of aromatic amines is 1. The number of H-pyrrole nitrogens is 1. The zero-order valence-corrected chi connectivity index (χ0v) is 16.9. The van der Waals surface area contributed by atoms with Gasteiger partial charge in [-0.15, -0.1) is 0 Å². The smallest absolute Gasteiger partial charge is 0.325 e. The number of para-hydroxylation sites is 2. The first kappa shape index (κ1) is 18.6. The molecule has 30 heavy (non-hydrogen) atoms. The van der Waals surface area contributed by atoms with Gasteiger partial charge in [0, 0.05) is 54.2 Å². The van der Waals surface area contributed by atoms with Gasteiger partial charge in [0.25, 0.3) is 0 Å². The van der Waals surface area contributed by atoms with Gasteiger partial charge in [0.1, 0.15) is 11.9 Å². The molecule has 6 heteroatoms. The molecule has 0 saturated carbocycles. The molecule has 0 radical (unpaired) electrons. The number of rotatable bonds is 4. The molecule has 1 saturated heterocycles. The number of carboxylic acids is 1. The summed E-state index contributed by atoms with van der Waals surface area (Å²) in [6.45, 7) is 4.95. The Bertz CT molecular complexity index is 1220. The summed E-state index contributed by atoms with van der Waals surface area (Å²) in [4.78, 5) is 24.6. The average Bonchev–Trinajstić information content (AvgIpc) is 3.18. The van der Waals surface area contributed by atoms with E-state index in [2.05, 4.69) is 33.8 Å². The Kier molecular flexibility index (Phi) is 4.64. The van der Waals surface area contributed by atoms with Gasteiger partial charge in [0.15, 0.2) is 0 Å². The van der Waals surface area contributed by atoms with Gasteiger partial charge in [-0.2, -0.15) is 0 Å². The van der Waals surface area contributed by atoms with Crippen molar-refractivity contribution in [2.45, 2.75) is 13.0 Å². The molecule has 2 aromatic carbocycles. The van der Waals surface area contributed by atoms with Gasteiger partial charge in [0.05, 0.1) is 5.52 Å². The van der Waals surface area contributed by atoms with Crippen molar-refractivity contribution >= 4 is 33.6 Å². The van der Waals surface area contributed by atoms with E-state index in [1.165, 1.54) is 10.9 Å². The Morgan fingerprint density at radius 2 is 1.73 bits per heavy atom. The zero-order valence-electron chi connectivity index (χ0n) is 16.9. The molecule has 2 N–H and O–H groups in total. The van der Waals surface area contributed by atoms with Crippen molar-refractivity contribution in [3.05, 3.63) is 71.9 Å². The van der Waals surface area contributed by atoms with E-state index in [9.17, 15) is 9.90 Å². The second-order valence-corrected chi connectivity index (χ2v) is 7.87. The lowest BCUT2D eigenvalue weighted by Crippen LogP contribution is -2.49. The quantitative estimate of drug-likeness (QED) is 0.542. The average molecular weight is 400 g/mol. The number of hydrogen-bond donors (Lipinski definition) is 2. The highest BCUT2D eigenvalue weighted by molar-refractivity contribution is 5.89. The molecule has 2 aromatic heterocycles. The molecule has 0 unspecified atom stereocenters. The van der Waals surface area contributed by atoms with Crippen molar-refractivity contribution in [2.24, 2.45) is 0 Å². The molecule has 6 nitrogen and oxygen atoms in total. The summed E-state index contributed by atoms with van der Waals surface area (Å²) in [5.74, 6) is 0.151. The van der Waals surface area contributed by atoms with Crippen molar-refractivity contribution in [3.63, 3.8) is 0 Å². The van der Waals surface area contributed by atoms with Gasteiger partial charge in [0.2, 0.25) is 0 Å². The van der Waals surface area contributed by atoms with E-state index in [4.69, 9.17) is 4.98 Å². The molecular formula is C24H24N4O2. The summed E-state index contributed by atoms with van der Waals surface area (Å²) in [6.07, 6.45) is 1.84. The molecule has 0 amide bonds. The number of carbonyl (C=O) groups is 1. The largest absolute Gasteiger partial charge is 0.480 e. The third-order valence-corrected chi connectivity index (χ3v) is 6.06. The number of hydrogen-bond acceptors (Lipinski definition) is 4. The second-order valence-electron chi connectivity index (χ2n) is 7.87. The SMILES string of the molecule is Cc1cc(N2CCN([C@H](C(=O)O)c3c[nH]c4ccccc34)CC2)nc2ccccc12. The fourth-order valence-electron chi connectivity index (χ4n) is 4.51. The first-order valence-electron chi connectivity index (χ1n) is 10.3. The van der Waals surface area contributed by atoms with Crippen LogP contribution in [0.2, 0.25) is 0 Å². The van der Waals surface area contributed by atoms with Crippen LogP contribution in [0.5, 0.6) is 0 Å². The molecule has 4 aromatic rings. The van der Waals surface area contributed by atoms with Crippen LogP contribution < -0.4 is 4.90 Å². The number of pyridine rings is 1. The highest BCUT2D eigenvalue weighted by Crippen LogP contribution is 2.30. The lowest BCUT2D eigenvalue weighted by molar-refractivity contribution is -0.143. The van der Waals surface area contributed by atoms with E-state index in [0.717, 1.165) is 40.9 Å². The molecule has 0 bridgehead atoms. The summed E-state index contributed by atoms with van der Waals surface area (Å²) in [5, 5.41) is 12.2. The fourth-order valence-corrected chi connectivity index (χ4v) is 4.51. The lowest BCUT2D eigenvalue weighted by Gasteiger charge is -2.38. The van der Waals surface area contributed by atoms with Gasteiger partial charge in [-0.1, -0.05) is 36.4 Å². The van der Waals surface area contributed by atoms with Gasteiger partial charge in [-0.05, 0) is 30.7 Å². The summed E-state index contributed by atoms with van der Waals surface area (Å²) in [6, 6.07) is 17.5. The number of anilines is 1. The predicted molar refractivity (Wildman–Crippen MR) is 119 cm³/mol. The Morgan fingerprint density at radius 3 is 2.50 bits per heavy atom. The molecule has 1 aliphatic heterocycles. The van der Waals surface area contributed by atoms with Crippen molar-refractivity contribution < 1.29 is 9.90 Å². The standard InChI is InChI=1S/C24H24N4O2/c1-16-14-22(26-21-9-5-2-6-17(16)21)27-10-12-28(13-11-27)23(24(29)30)19-15-25-20-8-4-3-7-18(19)20/h2-9,14-15,23,25H,10-13H2,1H3,(H,29,30)/t23-/m0/s1. The van der Waals surface area contributed by atoms with Crippen LogP contribution in [0.3, 0.4) is 0 Å². The molecule has 0 spiro atoms. The van der Waals surface area contributed by atoms with Crippen LogP contribution in [0.4, 0.5) is 5.82 Å². The van der Waals surface area contributed by atoms with Gasteiger partial charge in [-0.3, -0.25) is 9.69 Å². The number of fused-ring (bicyclic) bond motifs is 2. The molecule has 1 fully saturated rings. The number of benzene rings is 2. The number of aromatic nitrogens is 2. The van der Waals surface area contributed by atoms with Gasteiger partial charge in [-0.25, -0.2) is 4.98 Å². The Balaban J connectivity index is 1.39. The number of aryl methyl sites for hydroxylation is 1. The maximum Gasteiger partial charge on any atom is 0.325 e. The first-order valence-corrected chi connectivity index (χ1v) is 10.3. The van der Waals surface area contributed by atoms with E-state index in [0.29, 0.717) is 13.1 Å². The van der Waals surface area contributed by atoms with Crippen LogP contribution in [0.25, 0.3) is 21.8 Å². The summed E-state index contributed by atoms with van der Waals surface area (Å²) >= 11 is 0. The van der Waals surface area contributed by atoms with Crippen LogP contribution in [0.15, 0.2) is 60.8 Å². The normalized spacial score (nSPS) is 16.2. The zero-order chi connectivity index (χ0) is 20.7. The maximum absolute atomic E-state index is 12.2. The van der Waals surface area contributed by atoms with Crippen LogP contribution >= 0.6 is 0 Å². The third kappa shape index (κ3) is 3.19. The number of nitrogens with zero attached hydrogens (tertiary/aromatic N) is 3. The Labute approximate surface area is 174 Å². The van der Waals surface area contributed by atoms with E-state index in [1.54, 1.807) is 0 Å². The minimum Gasteiger partial charge on any atom is -0.480 e. The molecule has 1 aliphatic rings. The number of carboxylic acid groups (broad SMARTS) is 1. The van der Waals surface area contributed by atoms with E-state index in [1.807, 2.05) is 48.7 Å². The van der Waals surface area contributed by atoms with Crippen LogP contribution in [0.1, 0.15) is 17.2 Å². The maximum atomic E-state index is 12.2. The monoisotopic (exact) mass is 400 g/mol. The van der Waals surface area contributed by atoms with E-state index in [-0.39, 0.29) is 0 Å². The van der Waals surface area contributed by atoms with E-state index >= 15 is 0 Å². The first-order chi connectivity index (χ1) is 14.6. The fraction of sp³-hybridized carbons (Fsp3) is 0.250. The minimum absolute atomic E-state index is 0.658. The van der Waals surface area contributed by atoms with Crippen molar-refractivity contribution in [2.75, 3.05) is 31.1 Å². The highest BCUT2D eigenvalue weighted by Gasteiger charge is 2.32. The predicted octanol–water partition coefficient (Wildman–Crippen LogP) is 3.97. The summed E-state index contributed by atoms with van der Waals surface area (Å²) in [7, 11) is 0. The van der Waals surface area contributed by atoms with Crippen molar-refractivity contribution in [1.82, 2.24) is 14.9 Å². The van der Waals surface area contributed by atoms with Crippen molar-refractivity contribution in [1.29, 1.82) is 0 Å². The summed E-state index contributed by atoms with van der Waals surface area (Å²) in [5.41, 5.74) is 4.00. The van der Waals surface area contributed by atoms with Gasteiger partial charge >= 0.3 is 5.97 Å². The molecular weight excluding hydrogens is 376 g/mol. The molecule has 5 rings (SSSR count). The summed E-state index contributed by atoms with van der Waals surface area (Å²) < 4.78 is 0. The van der Waals surface area contributed by atoms with E-state index < -0.39 is 12.0 Å². The number of aliphatic carboxylic acids is 1. The minimum atomic E-state index is -0.812. The third-order valence-electron chi connectivity index (χ3n) is 6.06. The molecule has 1 atom stereocenters. The van der Waals surface area contributed by atoms with Crippen LogP contribution in [0, 0.1) is 6.92 Å². The number of piperazine rings is 1. The van der Waals surface area contributed by atoms with Crippen molar-refractivity contribution in [3.8, 4) is 0 Å². The Hall–Kier alpha value is -3.38. The Morgan fingerprint density at radius 1 is 1.03 bits per heavy atom.